The maximum Gasteiger partial charge on any atom is 0.407 e. The minimum atomic E-state index is -0.960. The van der Waals surface area contributed by atoms with Crippen molar-refractivity contribution in [3.8, 4) is 11.1 Å². The molecule has 7 heteroatoms. The van der Waals surface area contributed by atoms with Crippen molar-refractivity contribution in [2.75, 3.05) is 13.2 Å². The molecule has 1 saturated carbocycles. The Hall–Kier alpha value is -3.35. The highest BCUT2D eigenvalue weighted by Gasteiger charge is 2.42. The van der Waals surface area contributed by atoms with Gasteiger partial charge in [0.2, 0.25) is 5.91 Å². The standard InChI is InChI=1S/C26H30N2O5/c1-26(14-7-6-12-22(26)24(31)27-15-13-23(29)30)28-25(32)33-16-21-19-10-4-2-8-17(19)18-9-3-5-11-20(18)21/h2-5,8-11,21-22H,6-7,12-16H2,1H3,(H,27,31)(H,28,32)(H,29,30). The highest BCUT2D eigenvalue weighted by Crippen LogP contribution is 2.44. The largest absolute Gasteiger partial charge is 0.481 e. The molecular weight excluding hydrogens is 420 g/mol. The summed E-state index contributed by atoms with van der Waals surface area (Å²) in [5, 5.41) is 14.5. The van der Waals surface area contributed by atoms with Crippen molar-refractivity contribution < 1.29 is 24.2 Å². The van der Waals surface area contributed by atoms with Gasteiger partial charge in [0.05, 0.1) is 17.9 Å². The van der Waals surface area contributed by atoms with Crippen LogP contribution >= 0.6 is 0 Å². The first kappa shape index (κ1) is 22.8. The molecule has 0 aromatic heterocycles. The summed E-state index contributed by atoms with van der Waals surface area (Å²) in [5.74, 6) is -1.64. The Morgan fingerprint density at radius 1 is 1.03 bits per heavy atom. The second-order valence-electron chi connectivity index (χ2n) is 9.10. The van der Waals surface area contributed by atoms with E-state index >= 15 is 0 Å². The van der Waals surface area contributed by atoms with Gasteiger partial charge in [0.25, 0.3) is 0 Å². The van der Waals surface area contributed by atoms with E-state index in [0.717, 1.165) is 24.0 Å². The quantitative estimate of drug-likeness (QED) is 0.590. The van der Waals surface area contributed by atoms with E-state index in [4.69, 9.17) is 9.84 Å². The molecule has 4 rings (SSSR count). The summed E-state index contributed by atoms with van der Waals surface area (Å²) in [4.78, 5) is 36.3. The van der Waals surface area contributed by atoms with E-state index < -0.39 is 23.5 Å². The number of hydrogen-bond donors (Lipinski definition) is 3. The average Bonchev–Trinajstić information content (AvgIpc) is 3.11. The molecular formula is C26H30N2O5. The van der Waals surface area contributed by atoms with Crippen molar-refractivity contribution in [3.05, 3.63) is 59.7 Å². The van der Waals surface area contributed by atoms with Gasteiger partial charge in [0.1, 0.15) is 6.61 Å². The molecule has 2 aromatic rings. The number of carboxylic acids is 1. The predicted molar refractivity (Wildman–Crippen MR) is 124 cm³/mol. The zero-order chi connectivity index (χ0) is 23.4. The van der Waals surface area contributed by atoms with Crippen molar-refractivity contribution >= 4 is 18.0 Å². The second kappa shape index (κ2) is 9.65. The van der Waals surface area contributed by atoms with E-state index in [1.807, 2.05) is 31.2 Å². The molecule has 0 heterocycles. The lowest BCUT2D eigenvalue weighted by molar-refractivity contribution is -0.137. The smallest absolute Gasteiger partial charge is 0.407 e. The molecule has 7 nitrogen and oxygen atoms in total. The number of ether oxygens (including phenoxy) is 1. The fourth-order valence-electron chi connectivity index (χ4n) is 5.19. The molecule has 174 valence electrons. The normalized spacial score (nSPS) is 21.5. The number of amides is 2. The summed E-state index contributed by atoms with van der Waals surface area (Å²) in [6.07, 6.45) is 2.42. The Bertz CT molecular complexity index is 1010. The van der Waals surface area contributed by atoms with Crippen molar-refractivity contribution in [2.24, 2.45) is 5.92 Å². The van der Waals surface area contributed by atoms with Gasteiger partial charge in [-0.2, -0.15) is 0 Å². The van der Waals surface area contributed by atoms with Gasteiger partial charge in [-0.05, 0) is 42.0 Å². The molecule has 0 aliphatic heterocycles. The molecule has 0 bridgehead atoms. The number of carbonyl (C=O) groups is 3. The Labute approximate surface area is 193 Å². The van der Waals surface area contributed by atoms with Gasteiger partial charge in [-0.3, -0.25) is 9.59 Å². The van der Waals surface area contributed by atoms with Crippen LogP contribution in [-0.4, -0.2) is 41.8 Å². The summed E-state index contributed by atoms with van der Waals surface area (Å²) in [6, 6.07) is 16.3. The Morgan fingerprint density at radius 2 is 1.67 bits per heavy atom. The summed E-state index contributed by atoms with van der Waals surface area (Å²) in [5.41, 5.74) is 3.88. The van der Waals surface area contributed by atoms with Crippen molar-refractivity contribution in [1.82, 2.24) is 10.6 Å². The van der Waals surface area contributed by atoms with Gasteiger partial charge < -0.3 is 20.5 Å². The Kier molecular flexibility index (Phi) is 6.67. The van der Waals surface area contributed by atoms with Gasteiger partial charge in [-0.1, -0.05) is 61.4 Å². The first-order valence-corrected chi connectivity index (χ1v) is 11.5. The third-order valence-corrected chi connectivity index (χ3v) is 6.89. The number of fused-ring (bicyclic) bond motifs is 3. The van der Waals surface area contributed by atoms with Crippen LogP contribution in [0.2, 0.25) is 0 Å². The van der Waals surface area contributed by atoms with E-state index in [2.05, 4.69) is 34.9 Å². The topological polar surface area (TPSA) is 105 Å². The van der Waals surface area contributed by atoms with Gasteiger partial charge >= 0.3 is 12.1 Å². The zero-order valence-corrected chi connectivity index (χ0v) is 18.8. The molecule has 33 heavy (non-hydrogen) atoms. The van der Waals surface area contributed by atoms with Crippen LogP contribution in [0.25, 0.3) is 11.1 Å². The van der Waals surface area contributed by atoms with Crippen LogP contribution in [0.1, 0.15) is 56.1 Å². The molecule has 2 unspecified atom stereocenters. The number of carboxylic acid groups (broad SMARTS) is 1. The fourth-order valence-corrected chi connectivity index (χ4v) is 5.19. The number of alkyl carbamates (subject to hydrolysis) is 1. The molecule has 0 spiro atoms. The molecule has 2 aliphatic carbocycles. The monoisotopic (exact) mass is 450 g/mol. The van der Waals surface area contributed by atoms with E-state index in [1.165, 1.54) is 11.1 Å². The highest BCUT2D eigenvalue weighted by molar-refractivity contribution is 5.82. The molecule has 3 N–H and O–H groups in total. The molecule has 2 aromatic carbocycles. The maximum atomic E-state index is 12.8. The van der Waals surface area contributed by atoms with Crippen LogP contribution in [0.4, 0.5) is 4.79 Å². The zero-order valence-electron chi connectivity index (χ0n) is 18.8. The van der Waals surface area contributed by atoms with E-state index in [1.54, 1.807) is 0 Å². The molecule has 2 amide bonds. The number of carbonyl (C=O) groups excluding carboxylic acids is 2. The van der Waals surface area contributed by atoms with E-state index in [9.17, 15) is 14.4 Å². The molecule has 1 fully saturated rings. The lowest BCUT2D eigenvalue weighted by Gasteiger charge is -2.40. The minimum absolute atomic E-state index is 0.0302. The number of nitrogens with one attached hydrogen (secondary N) is 2. The lowest BCUT2D eigenvalue weighted by atomic mass is 9.73. The van der Waals surface area contributed by atoms with E-state index in [0.29, 0.717) is 12.8 Å². The van der Waals surface area contributed by atoms with Crippen LogP contribution in [0.3, 0.4) is 0 Å². The average molecular weight is 451 g/mol. The summed E-state index contributed by atoms with van der Waals surface area (Å²) in [7, 11) is 0. The summed E-state index contributed by atoms with van der Waals surface area (Å²) >= 11 is 0. The van der Waals surface area contributed by atoms with Crippen LogP contribution in [0.15, 0.2) is 48.5 Å². The van der Waals surface area contributed by atoms with Crippen molar-refractivity contribution in [2.45, 2.75) is 50.5 Å². The lowest BCUT2D eigenvalue weighted by Crippen LogP contribution is -2.57. The molecule has 2 aliphatic rings. The van der Waals surface area contributed by atoms with Gasteiger partial charge in [-0.25, -0.2) is 4.79 Å². The van der Waals surface area contributed by atoms with Crippen molar-refractivity contribution in [3.63, 3.8) is 0 Å². The number of hydrogen-bond acceptors (Lipinski definition) is 4. The first-order chi connectivity index (χ1) is 15.9. The Balaban J connectivity index is 1.40. The summed E-state index contributed by atoms with van der Waals surface area (Å²) in [6.45, 7) is 2.16. The Morgan fingerprint density at radius 3 is 2.30 bits per heavy atom. The third kappa shape index (κ3) is 4.87. The maximum absolute atomic E-state index is 12.8. The number of rotatable bonds is 7. The highest BCUT2D eigenvalue weighted by atomic mass is 16.5. The number of benzene rings is 2. The van der Waals surface area contributed by atoms with Gasteiger partial charge in [-0.15, -0.1) is 0 Å². The SMILES string of the molecule is CC1(NC(=O)OCC2c3ccccc3-c3ccccc32)CCCCC1C(=O)NCCC(=O)O. The molecule has 0 radical (unpaired) electrons. The van der Waals surface area contributed by atoms with E-state index in [-0.39, 0.29) is 31.4 Å². The molecule has 0 saturated heterocycles. The second-order valence-corrected chi connectivity index (χ2v) is 9.10. The third-order valence-electron chi connectivity index (χ3n) is 6.89. The van der Waals surface area contributed by atoms with Crippen molar-refractivity contribution in [1.29, 1.82) is 0 Å². The van der Waals surface area contributed by atoms with Gasteiger partial charge in [0.15, 0.2) is 0 Å². The predicted octanol–water partition coefficient (Wildman–Crippen LogP) is 4.06. The first-order valence-electron chi connectivity index (χ1n) is 11.5. The fraction of sp³-hybridized carbons (Fsp3) is 0.423. The van der Waals surface area contributed by atoms with Gasteiger partial charge in [0, 0.05) is 12.5 Å². The van der Waals surface area contributed by atoms with Crippen LogP contribution < -0.4 is 10.6 Å². The van der Waals surface area contributed by atoms with Crippen LogP contribution in [-0.2, 0) is 14.3 Å². The van der Waals surface area contributed by atoms with Crippen LogP contribution in [0.5, 0.6) is 0 Å². The minimum Gasteiger partial charge on any atom is -0.481 e. The summed E-state index contributed by atoms with van der Waals surface area (Å²) < 4.78 is 5.69. The number of aliphatic carboxylic acids is 1. The van der Waals surface area contributed by atoms with Crippen LogP contribution in [0, 0.1) is 5.92 Å². The molecule has 2 atom stereocenters.